The molecule has 2 N–H and O–H groups in total. The van der Waals surface area contributed by atoms with Crippen LogP contribution in [0.3, 0.4) is 0 Å². The standard InChI is InChI=1S/C13H15NO2/c1-4-7-14-12(13(15)16)11-8-9(2)5-6-10(11)3/h1,5-6,8,12,14H,7H2,2-3H3,(H,15,16). The molecule has 84 valence electrons. The molecule has 3 nitrogen and oxygen atoms in total. The molecule has 3 heteroatoms. The average molecular weight is 217 g/mol. The fourth-order valence-corrected chi connectivity index (χ4v) is 1.56. The van der Waals surface area contributed by atoms with Crippen molar-refractivity contribution < 1.29 is 9.90 Å². The lowest BCUT2D eigenvalue weighted by atomic mass is 9.99. The van der Waals surface area contributed by atoms with Crippen LogP contribution >= 0.6 is 0 Å². The number of aryl methyl sites for hydroxylation is 2. The minimum atomic E-state index is -0.913. The lowest BCUT2D eigenvalue weighted by molar-refractivity contribution is -0.139. The normalized spacial score (nSPS) is 11.8. The summed E-state index contributed by atoms with van der Waals surface area (Å²) in [5.41, 5.74) is 2.75. The van der Waals surface area contributed by atoms with Gasteiger partial charge < -0.3 is 5.11 Å². The molecule has 0 bridgehead atoms. The Labute approximate surface area is 95.5 Å². The zero-order valence-corrected chi connectivity index (χ0v) is 9.45. The van der Waals surface area contributed by atoms with Gasteiger partial charge >= 0.3 is 5.97 Å². The van der Waals surface area contributed by atoms with Gasteiger partial charge in [-0.1, -0.05) is 29.7 Å². The Balaban J connectivity index is 3.06. The van der Waals surface area contributed by atoms with Crippen molar-refractivity contribution in [3.05, 3.63) is 34.9 Å². The summed E-state index contributed by atoms with van der Waals surface area (Å²) in [7, 11) is 0. The molecule has 1 rings (SSSR count). The molecular weight excluding hydrogens is 202 g/mol. The van der Waals surface area contributed by atoms with E-state index in [-0.39, 0.29) is 6.54 Å². The number of terminal acetylenes is 1. The lowest BCUT2D eigenvalue weighted by Crippen LogP contribution is -2.29. The van der Waals surface area contributed by atoms with Gasteiger partial charge in [-0.25, -0.2) is 0 Å². The summed E-state index contributed by atoms with van der Waals surface area (Å²) < 4.78 is 0. The van der Waals surface area contributed by atoms with Gasteiger partial charge in [0, 0.05) is 0 Å². The van der Waals surface area contributed by atoms with Crippen molar-refractivity contribution in [3.63, 3.8) is 0 Å². The van der Waals surface area contributed by atoms with Crippen LogP contribution in [-0.4, -0.2) is 17.6 Å². The lowest BCUT2D eigenvalue weighted by Gasteiger charge is -2.16. The fraction of sp³-hybridized carbons (Fsp3) is 0.308. The van der Waals surface area contributed by atoms with E-state index in [0.29, 0.717) is 0 Å². The summed E-state index contributed by atoms with van der Waals surface area (Å²) in [6.07, 6.45) is 5.12. The van der Waals surface area contributed by atoms with Crippen molar-refractivity contribution >= 4 is 5.97 Å². The second-order valence-corrected chi connectivity index (χ2v) is 3.72. The highest BCUT2D eigenvalue weighted by atomic mass is 16.4. The van der Waals surface area contributed by atoms with Crippen molar-refractivity contribution in [1.82, 2.24) is 5.32 Å². The molecule has 1 aromatic rings. The number of aliphatic carboxylic acids is 1. The van der Waals surface area contributed by atoms with Gasteiger partial charge in [-0.15, -0.1) is 6.42 Å². The Hall–Kier alpha value is -1.79. The van der Waals surface area contributed by atoms with Gasteiger partial charge in [0.25, 0.3) is 0 Å². The molecule has 0 aliphatic carbocycles. The molecule has 16 heavy (non-hydrogen) atoms. The first-order valence-corrected chi connectivity index (χ1v) is 5.03. The smallest absolute Gasteiger partial charge is 0.325 e. The third kappa shape index (κ3) is 2.85. The average Bonchev–Trinajstić information content (AvgIpc) is 2.23. The van der Waals surface area contributed by atoms with Crippen LogP contribution in [0.25, 0.3) is 0 Å². The van der Waals surface area contributed by atoms with Crippen LogP contribution in [0.1, 0.15) is 22.7 Å². The summed E-state index contributed by atoms with van der Waals surface area (Å²) in [5.74, 6) is 1.47. The van der Waals surface area contributed by atoms with Crippen LogP contribution in [0.2, 0.25) is 0 Å². The number of hydrogen-bond donors (Lipinski definition) is 2. The number of rotatable bonds is 4. The maximum atomic E-state index is 11.1. The summed E-state index contributed by atoms with van der Waals surface area (Å²) in [4.78, 5) is 11.1. The van der Waals surface area contributed by atoms with Gasteiger partial charge in [0.05, 0.1) is 6.54 Å². The van der Waals surface area contributed by atoms with Gasteiger partial charge in [-0.2, -0.15) is 0 Å². The molecule has 0 saturated heterocycles. The van der Waals surface area contributed by atoms with E-state index in [1.165, 1.54) is 0 Å². The zero-order chi connectivity index (χ0) is 12.1. The van der Waals surface area contributed by atoms with Crippen LogP contribution in [0, 0.1) is 26.2 Å². The predicted octanol–water partition coefficient (Wildman–Crippen LogP) is 1.65. The van der Waals surface area contributed by atoms with Crippen LogP contribution in [0.5, 0.6) is 0 Å². The zero-order valence-electron chi connectivity index (χ0n) is 9.45. The monoisotopic (exact) mass is 217 g/mol. The van der Waals surface area contributed by atoms with Crippen LogP contribution < -0.4 is 5.32 Å². The summed E-state index contributed by atoms with van der Waals surface area (Å²) in [5, 5.41) is 12.0. The van der Waals surface area contributed by atoms with Crippen LogP contribution in [0.4, 0.5) is 0 Å². The molecular formula is C13H15NO2. The molecule has 0 fully saturated rings. The first kappa shape index (κ1) is 12.3. The minimum Gasteiger partial charge on any atom is -0.480 e. The molecule has 1 unspecified atom stereocenters. The minimum absolute atomic E-state index is 0.240. The van der Waals surface area contributed by atoms with E-state index in [1.54, 1.807) is 0 Å². The van der Waals surface area contributed by atoms with E-state index in [1.807, 2.05) is 32.0 Å². The van der Waals surface area contributed by atoms with Crippen molar-refractivity contribution in [2.75, 3.05) is 6.54 Å². The largest absolute Gasteiger partial charge is 0.480 e. The van der Waals surface area contributed by atoms with Crippen molar-refractivity contribution in [3.8, 4) is 12.3 Å². The highest BCUT2D eigenvalue weighted by Crippen LogP contribution is 2.19. The predicted molar refractivity (Wildman–Crippen MR) is 63.1 cm³/mol. The van der Waals surface area contributed by atoms with Crippen molar-refractivity contribution in [1.29, 1.82) is 0 Å². The molecule has 0 aliphatic rings. The molecule has 0 aromatic heterocycles. The van der Waals surface area contributed by atoms with Gasteiger partial charge in [-0.3, -0.25) is 10.1 Å². The number of carboxylic acid groups (broad SMARTS) is 1. The Morgan fingerprint density at radius 1 is 1.56 bits per heavy atom. The fourth-order valence-electron chi connectivity index (χ4n) is 1.56. The molecule has 0 amide bonds. The van der Waals surface area contributed by atoms with E-state index < -0.39 is 12.0 Å². The third-order valence-corrected chi connectivity index (χ3v) is 2.40. The second-order valence-electron chi connectivity index (χ2n) is 3.72. The van der Waals surface area contributed by atoms with Crippen molar-refractivity contribution in [2.45, 2.75) is 19.9 Å². The maximum absolute atomic E-state index is 11.1. The SMILES string of the molecule is C#CCNC(C(=O)O)c1cc(C)ccc1C. The van der Waals surface area contributed by atoms with Gasteiger partial charge in [0.2, 0.25) is 0 Å². The molecule has 1 aromatic carbocycles. The summed E-state index contributed by atoms with van der Waals surface area (Å²) >= 11 is 0. The second kappa shape index (κ2) is 5.34. The third-order valence-electron chi connectivity index (χ3n) is 2.40. The first-order chi connectivity index (χ1) is 7.56. The number of benzene rings is 1. The Kier molecular flexibility index (Phi) is 4.10. The molecule has 0 spiro atoms. The van der Waals surface area contributed by atoms with Crippen LogP contribution in [0.15, 0.2) is 18.2 Å². The topological polar surface area (TPSA) is 49.3 Å². The van der Waals surface area contributed by atoms with Gasteiger partial charge in [0.1, 0.15) is 6.04 Å². The molecule has 0 aliphatic heterocycles. The maximum Gasteiger partial charge on any atom is 0.325 e. The Bertz CT molecular complexity index is 432. The number of carbonyl (C=O) groups is 1. The van der Waals surface area contributed by atoms with E-state index in [9.17, 15) is 4.79 Å². The van der Waals surface area contributed by atoms with Gasteiger partial charge in [-0.05, 0) is 25.0 Å². The highest BCUT2D eigenvalue weighted by Gasteiger charge is 2.20. The molecule has 1 atom stereocenters. The molecule has 0 heterocycles. The van der Waals surface area contributed by atoms with E-state index in [2.05, 4.69) is 11.2 Å². The quantitative estimate of drug-likeness (QED) is 0.754. The Morgan fingerprint density at radius 3 is 2.81 bits per heavy atom. The number of carboxylic acids is 1. The molecule has 0 saturated carbocycles. The van der Waals surface area contributed by atoms with E-state index >= 15 is 0 Å². The van der Waals surface area contributed by atoms with Crippen LogP contribution in [-0.2, 0) is 4.79 Å². The van der Waals surface area contributed by atoms with E-state index in [4.69, 9.17) is 11.5 Å². The van der Waals surface area contributed by atoms with E-state index in [0.717, 1.165) is 16.7 Å². The van der Waals surface area contributed by atoms with Crippen molar-refractivity contribution in [2.24, 2.45) is 0 Å². The number of nitrogens with one attached hydrogen (secondary N) is 1. The summed E-state index contributed by atoms with van der Waals surface area (Å²) in [6.45, 7) is 4.07. The number of hydrogen-bond acceptors (Lipinski definition) is 2. The molecule has 0 radical (unpaired) electrons. The first-order valence-electron chi connectivity index (χ1n) is 5.03. The highest BCUT2D eigenvalue weighted by molar-refractivity contribution is 5.76. The Morgan fingerprint density at radius 2 is 2.25 bits per heavy atom. The summed E-state index contributed by atoms with van der Waals surface area (Å²) in [6, 6.07) is 5.00. The van der Waals surface area contributed by atoms with Gasteiger partial charge in [0.15, 0.2) is 0 Å².